The van der Waals surface area contributed by atoms with E-state index in [4.69, 9.17) is 19.6 Å². The normalized spacial score (nSPS) is 23.6. The number of hydrogen-bond donors (Lipinski definition) is 1. The molecule has 1 aromatic heterocycles. The van der Waals surface area contributed by atoms with Crippen LogP contribution in [0.25, 0.3) is 0 Å². The number of rotatable bonds is 4. The average Bonchev–Trinajstić information content (AvgIpc) is 2.64. The van der Waals surface area contributed by atoms with Gasteiger partial charge in [0.05, 0.1) is 6.61 Å². The molecule has 1 aliphatic carbocycles. The molecule has 0 atom stereocenters. The second kappa shape index (κ2) is 4.52. The fraction of sp³-hybridized carbons (Fsp3) is 0.600. The molecule has 0 unspecified atom stereocenters. The molecule has 1 heterocycles. The van der Waals surface area contributed by atoms with E-state index < -0.39 is 5.97 Å². The van der Waals surface area contributed by atoms with Crippen molar-refractivity contribution in [2.24, 2.45) is 5.73 Å². The molecule has 1 fully saturated rings. The molecule has 2 rings (SSSR count). The van der Waals surface area contributed by atoms with Crippen molar-refractivity contribution in [3.05, 3.63) is 12.0 Å². The van der Waals surface area contributed by atoms with Crippen molar-refractivity contribution >= 4 is 5.97 Å². The molecule has 1 aliphatic rings. The number of carbonyl (C=O) groups is 1. The summed E-state index contributed by atoms with van der Waals surface area (Å²) >= 11 is 0. The fourth-order valence-electron chi connectivity index (χ4n) is 1.46. The van der Waals surface area contributed by atoms with Gasteiger partial charge in [-0.3, -0.25) is 0 Å². The summed E-state index contributed by atoms with van der Waals surface area (Å²) in [4.78, 5) is 15.1. The van der Waals surface area contributed by atoms with Gasteiger partial charge in [-0.05, 0) is 19.8 Å². The van der Waals surface area contributed by atoms with E-state index in [2.05, 4.69) is 4.98 Å². The lowest BCUT2D eigenvalue weighted by molar-refractivity contribution is 0.0515. The first-order valence-electron chi connectivity index (χ1n) is 5.24. The first-order chi connectivity index (χ1) is 7.69. The highest BCUT2D eigenvalue weighted by atomic mass is 16.6. The summed E-state index contributed by atoms with van der Waals surface area (Å²) in [6.45, 7) is 2.03. The summed E-state index contributed by atoms with van der Waals surface area (Å²) in [5.74, 6) is -0.508. The third-order valence-corrected chi connectivity index (χ3v) is 2.37. The standard InChI is InChI=1S/C10H14N2O4/c1-2-14-9(13)8-5-15-10(12-8)16-7-3-6(11)4-7/h5-7H,2-4,11H2,1H3. The smallest absolute Gasteiger partial charge is 0.394 e. The maximum Gasteiger partial charge on any atom is 0.394 e. The third-order valence-electron chi connectivity index (χ3n) is 2.37. The van der Waals surface area contributed by atoms with Crippen LogP contribution in [0.2, 0.25) is 0 Å². The molecule has 0 radical (unpaired) electrons. The Kier molecular flexibility index (Phi) is 3.09. The van der Waals surface area contributed by atoms with Crippen molar-refractivity contribution in [3.8, 4) is 6.08 Å². The van der Waals surface area contributed by atoms with E-state index in [1.807, 2.05) is 0 Å². The molecule has 0 aliphatic heterocycles. The van der Waals surface area contributed by atoms with Crippen LogP contribution in [0.3, 0.4) is 0 Å². The SMILES string of the molecule is CCOC(=O)c1coc(OC2CC(N)C2)n1. The van der Waals surface area contributed by atoms with Gasteiger partial charge in [0, 0.05) is 6.04 Å². The first kappa shape index (κ1) is 10.9. The first-order valence-corrected chi connectivity index (χ1v) is 5.24. The van der Waals surface area contributed by atoms with Crippen molar-refractivity contribution in [3.63, 3.8) is 0 Å². The van der Waals surface area contributed by atoms with E-state index in [9.17, 15) is 4.79 Å². The average molecular weight is 226 g/mol. The van der Waals surface area contributed by atoms with Gasteiger partial charge >= 0.3 is 12.0 Å². The molecule has 88 valence electrons. The fourth-order valence-corrected chi connectivity index (χ4v) is 1.46. The lowest BCUT2D eigenvalue weighted by atomic mass is 9.90. The summed E-state index contributed by atoms with van der Waals surface area (Å²) in [5.41, 5.74) is 5.74. The molecule has 0 bridgehead atoms. The Morgan fingerprint density at radius 1 is 1.69 bits per heavy atom. The van der Waals surface area contributed by atoms with E-state index in [1.165, 1.54) is 6.26 Å². The minimum atomic E-state index is -0.508. The van der Waals surface area contributed by atoms with Crippen LogP contribution < -0.4 is 10.5 Å². The van der Waals surface area contributed by atoms with Gasteiger partial charge < -0.3 is 19.6 Å². The quantitative estimate of drug-likeness (QED) is 0.761. The Morgan fingerprint density at radius 2 is 2.44 bits per heavy atom. The maximum atomic E-state index is 11.3. The molecule has 0 aromatic carbocycles. The summed E-state index contributed by atoms with van der Waals surface area (Å²) in [7, 11) is 0. The number of hydrogen-bond acceptors (Lipinski definition) is 6. The zero-order chi connectivity index (χ0) is 11.5. The van der Waals surface area contributed by atoms with Crippen molar-refractivity contribution < 1.29 is 18.7 Å². The van der Waals surface area contributed by atoms with Gasteiger partial charge in [0.1, 0.15) is 12.4 Å². The van der Waals surface area contributed by atoms with E-state index in [1.54, 1.807) is 6.92 Å². The highest BCUT2D eigenvalue weighted by Crippen LogP contribution is 2.24. The Hall–Kier alpha value is -1.56. The Balaban J connectivity index is 1.89. The summed E-state index contributed by atoms with van der Waals surface area (Å²) < 4.78 is 15.1. The van der Waals surface area contributed by atoms with Gasteiger partial charge in [-0.2, -0.15) is 4.98 Å². The predicted molar refractivity (Wildman–Crippen MR) is 54.1 cm³/mol. The largest absolute Gasteiger partial charge is 0.461 e. The predicted octanol–water partition coefficient (Wildman–Crippen LogP) is 0.720. The van der Waals surface area contributed by atoms with Gasteiger partial charge in [0.2, 0.25) is 0 Å². The molecule has 16 heavy (non-hydrogen) atoms. The minimum absolute atomic E-state index is 0.0451. The van der Waals surface area contributed by atoms with Crippen molar-refractivity contribution in [1.29, 1.82) is 0 Å². The topological polar surface area (TPSA) is 87.6 Å². The van der Waals surface area contributed by atoms with E-state index in [0.29, 0.717) is 6.61 Å². The summed E-state index contributed by atoms with van der Waals surface area (Å²) in [6, 6.07) is 0.199. The Bertz CT molecular complexity index is 371. The molecular weight excluding hydrogens is 212 g/mol. The molecule has 0 amide bonds. The molecule has 6 heteroatoms. The summed E-state index contributed by atoms with van der Waals surface area (Å²) in [6.07, 6.45) is 2.95. The van der Waals surface area contributed by atoms with Crippen molar-refractivity contribution in [2.45, 2.75) is 31.9 Å². The van der Waals surface area contributed by atoms with Crippen LogP contribution in [0.4, 0.5) is 0 Å². The number of aromatic nitrogens is 1. The maximum absolute atomic E-state index is 11.3. The van der Waals surface area contributed by atoms with Crippen LogP contribution in [0.1, 0.15) is 30.3 Å². The van der Waals surface area contributed by atoms with E-state index in [0.717, 1.165) is 12.8 Å². The molecular formula is C10H14N2O4. The third kappa shape index (κ3) is 2.33. The van der Waals surface area contributed by atoms with E-state index in [-0.39, 0.29) is 23.9 Å². The monoisotopic (exact) mass is 226 g/mol. The van der Waals surface area contributed by atoms with Gasteiger partial charge in [-0.25, -0.2) is 4.79 Å². The lowest BCUT2D eigenvalue weighted by Crippen LogP contribution is -2.43. The Morgan fingerprint density at radius 3 is 3.06 bits per heavy atom. The molecule has 2 N–H and O–H groups in total. The molecule has 0 spiro atoms. The van der Waals surface area contributed by atoms with E-state index >= 15 is 0 Å². The van der Waals surface area contributed by atoms with Crippen LogP contribution in [0, 0.1) is 0 Å². The van der Waals surface area contributed by atoms with Gasteiger partial charge in [-0.1, -0.05) is 0 Å². The number of nitrogens with zero attached hydrogens (tertiary/aromatic N) is 1. The van der Waals surface area contributed by atoms with Crippen LogP contribution in [-0.4, -0.2) is 29.7 Å². The molecule has 1 saturated carbocycles. The second-order valence-electron chi connectivity index (χ2n) is 3.69. The molecule has 1 aromatic rings. The lowest BCUT2D eigenvalue weighted by Gasteiger charge is -2.30. The number of carbonyl (C=O) groups excluding carboxylic acids is 1. The van der Waals surface area contributed by atoms with Crippen molar-refractivity contribution in [1.82, 2.24) is 4.98 Å². The highest BCUT2D eigenvalue weighted by Gasteiger charge is 2.29. The van der Waals surface area contributed by atoms with Crippen LogP contribution in [-0.2, 0) is 4.74 Å². The molecule has 0 saturated heterocycles. The number of oxazole rings is 1. The second-order valence-corrected chi connectivity index (χ2v) is 3.69. The number of ether oxygens (including phenoxy) is 2. The minimum Gasteiger partial charge on any atom is -0.461 e. The number of esters is 1. The van der Waals surface area contributed by atoms with Crippen LogP contribution in [0.15, 0.2) is 10.7 Å². The van der Waals surface area contributed by atoms with Gasteiger partial charge in [0.15, 0.2) is 5.69 Å². The highest BCUT2D eigenvalue weighted by molar-refractivity contribution is 5.86. The van der Waals surface area contributed by atoms with Crippen LogP contribution >= 0.6 is 0 Å². The van der Waals surface area contributed by atoms with Crippen molar-refractivity contribution in [2.75, 3.05) is 6.61 Å². The van der Waals surface area contributed by atoms with Crippen LogP contribution in [0.5, 0.6) is 6.08 Å². The van der Waals surface area contributed by atoms with Gasteiger partial charge in [0.25, 0.3) is 0 Å². The zero-order valence-corrected chi connectivity index (χ0v) is 9.01. The Labute approximate surface area is 92.7 Å². The number of nitrogens with two attached hydrogens (primary N) is 1. The van der Waals surface area contributed by atoms with Gasteiger partial charge in [-0.15, -0.1) is 0 Å². The molecule has 6 nitrogen and oxygen atoms in total. The summed E-state index contributed by atoms with van der Waals surface area (Å²) in [5, 5.41) is 0. The zero-order valence-electron chi connectivity index (χ0n) is 9.01.